The lowest BCUT2D eigenvalue weighted by molar-refractivity contribution is 0.309. The van der Waals surface area contributed by atoms with Crippen LogP contribution in [0.2, 0.25) is 0 Å². The first-order valence-corrected chi connectivity index (χ1v) is 6.90. The van der Waals surface area contributed by atoms with Crippen LogP contribution in [0.4, 0.5) is 4.39 Å². The summed E-state index contributed by atoms with van der Waals surface area (Å²) in [5, 5.41) is 1.25. The first kappa shape index (κ1) is 12.2. The zero-order chi connectivity index (χ0) is 13.2. The summed E-state index contributed by atoms with van der Waals surface area (Å²) in [6.45, 7) is 2.61. The van der Waals surface area contributed by atoms with Crippen molar-refractivity contribution in [3.8, 4) is 5.75 Å². The van der Waals surface area contributed by atoms with Gasteiger partial charge in [0.2, 0.25) is 0 Å². The van der Waals surface area contributed by atoms with Crippen molar-refractivity contribution in [2.45, 2.75) is 13.5 Å². The Bertz CT molecular complexity index is 700. The van der Waals surface area contributed by atoms with Gasteiger partial charge in [0.1, 0.15) is 18.2 Å². The number of rotatable bonds is 3. The molecule has 19 heavy (non-hydrogen) atoms. The van der Waals surface area contributed by atoms with E-state index in [9.17, 15) is 4.39 Å². The maximum absolute atomic E-state index is 12.8. The van der Waals surface area contributed by atoms with Gasteiger partial charge in [-0.3, -0.25) is 0 Å². The van der Waals surface area contributed by atoms with Gasteiger partial charge in [-0.25, -0.2) is 4.39 Å². The Morgan fingerprint density at radius 1 is 1.05 bits per heavy atom. The highest BCUT2D eigenvalue weighted by Gasteiger charge is 2.03. The molecule has 0 radical (unpaired) electrons. The molecule has 1 nitrogen and oxygen atoms in total. The van der Waals surface area contributed by atoms with Crippen LogP contribution in [0.3, 0.4) is 0 Å². The van der Waals surface area contributed by atoms with Crippen LogP contribution < -0.4 is 4.74 Å². The first-order chi connectivity index (χ1) is 9.20. The van der Waals surface area contributed by atoms with Crippen LogP contribution in [-0.2, 0) is 6.61 Å². The average Bonchev–Trinajstić information content (AvgIpc) is 2.80. The minimum atomic E-state index is -0.246. The zero-order valence-electron chi connectivity index (χ0n) is 10.5. The van der Waals surface area contributed by atoms with Gasteiger partial charge in [0.15, 0.2) is 0 Å². The van der Waals surface area contributed by atoms with Crippen LogP contribution in [0, 0.1) is 12.7 Å². The monoisotopic (exact) mass is 272 g/mol. The Labute approximate surface area is 115 Å². The van der Waals surface area contributed by atoms with Crippen molar-refractivity contribution in [1.82, 2.24) is 0 Å². The third-order valence-corrected chi connectivity index (χ3v) is 4.01. The molecule has 1 aromatic heterocycles. The van der Waals surface area contributed by atoms with Crippen LogP contribution in [-0.4, -0.2) is 0 Å². The molecule has 0 bridgehead atoms. The minimum absolute atomic E-state index is 0.246. The molecule has 0 aliphatic carbocycles. The highest BCUT2D eigenvalue weighted by Crippen LogP contribution is 2.27. The summed E-state index contributed by atoms with van der Waals surface area (Å²) in [6.07, 6.45) is 0. The van der Waals surface area contributed by atoms with Crippen LogP contribution in [0.1, 0.15) is 10.4 Å². The molecular weight excluding hydrogens is 259 g/mol. The van der Waals surface area contributed by atoms with Gasteiger partial charge >= 0.3 is 0 Å². The summed E-state index contributed by atoms with van der Waals surface area (Å²) in [4.78, 5) is 1.17. The summed E-state index contributed by atoms with van der Waals surface area (Å²) in [5.41, 5.74) is 1.26. The molecule has 3 rings (SSSR count). The molecule has 0 aliphatic heterocycles. The van der Waals surface area contributed by atoms with Gasteiger partial charge in [-0.15, -0.1) is 11.3 Å². The molecule has 0 atom stereocenters. The van der Waals surface area contributed by atoms with Crippen molar-refractivity contribution >= 4 is 21.4 Å². The highest BCUT2D eigenvalue weighted by molar-refractivity contribution is 7.19. The van der Waals surface area contributed by atoms with Crippen LogP contribution in [0.25, 0.3) is 10.1 Å². The smallest absolute Gasteiger partial charge is 0.123 e. The van der Waals surface area contributed by atoms with Crippen LogP contribution >= 0.6 is 11.3 Å². The topological polar surface area (TPSA) is 9.23 Å². The van der Waals surface area contributed by atoms with E-state index in [2.05, 4.69) is 31.2 Å². The lowest BCUT2D eigenvalue weighted by Crippen LogP contribution is -1.92. The third kappa shape index (κ3) is 2.76. The largest absolute Gasteiger partial charge is 0.488 e. The standard InChI is InChI=1S/C16H13FOS/c1-11-2-7-16-12(8-11)9-15(19-16)10-18-14-5-3-13(17)4-6-14/h2-9H,10H2,1H3. The molecule has 1 heterocycles. The second kappa shape index (κ2) is 5.02. The second-order valence-electron chi connectivity index (χ2n) is 4.50. The summed E-state index contributed by atoms with van der Waals surface area (Å²) >= 11 is 1.73. The number of hydrogen-bond acceptors (Lipinski definition) is 2. The third-order valence-electron chi connectivity index (χ3n) is 2.92. The summed E-state index contributed by atoms with van der Waals surface area (Å²) in [7, 11) is 0. The van der Waals surface area contributed by atoms with Gasteiger partial charge in [0, 0.05) is 9.58 Å². The number of fused-ring (bicyclic) bond motifs is 1. The molecule has 0 aliphatic rings. The Morgan fingerprint density at radius 2 is 1.84 bits per heavy atom. The maximum Gasteiger partial charge on any atom is 0.123 e. The number of benzene rings is 2. The molecule has 0 amide bonds. The lowest BCUT2D eigenvalue weighted by Gasteiger charge is -2.03. The van der Waals surface area contributed by atoms with Gasteiger partial charge < -0.3 is 4.74 Å². The van der Waals surface area contributed by atoms with Crippen molar-refractivity contribution in [3.05, 3.63) is 64.8 Å². The van der Waals surface area contributed by atoms with E-state index < -0.39 is 0 Å². The van der Waals surface area contributed by atoms with Gasteiger partial charge in [-0.1, -0.05) is 17.7 Å². The Kier molecular flexibility index (Phi) is 3.22. The number of aryl methyl sites for hydroxylation is 1. The van der Waals surface area contributed by atoms with Crippen molar-refractivity contribution in [1.29, 1.82) is 0 Å². The number of thiophene rings is 1. The SMILES string of the molecule is Cc1ccc2sc(COc3ccc(F)cc3)cc2c1. The summed E-state index contributed by atoms with van der Waals surface area (Å²) < 4.78 is 19.7. The van der Waals surface area contributed by atoms with E-state index in [4.69, 9.17) is 4.74 Å². The fraction of sp³-hybridized carbons (Fsp3) is 0.125. The van der Waals surface area contributed by atoms with E-state index in [1.807, 2.05) is 0 Å². The molecule has 0 spiro atoms. The first-order valence-electron chi connectivity index (χ1n) is 6.08. The number of halogens is 1. The second-order valence-corrected chi connectivity index (χ2v) is 5.66. The van der Waals surface area contributed by atoms with Gasteiger partial charge in [0.05, 0.1) is 0 Å². The number of hydrogen-bond donors (Lipinski definition) is 0. The van der Waals surface area contributed by atoms with Crippen molar-refractivity contribution < 1.29 is 9.13 Å². The average molecular weight is 272 g/mol. The van der Waals surface area contributed by atoms with Gasteiger partial charge in [0.25, 0.3) is 0 Å². The van der Waals surface area contributed by atoms with Crippen LogP contribution in [0.5, 0.6) is 5.75 Å². The Hall–Kier alpha value is -1.87. The summed E-state index contributed by atoms with van der Waals surface area (Å²) in [6, 6.07) is 14.7. The van der Waals surface area contributed by atoms with E-state index in [1.54, 1.807) is 23.5 Å². The fourth-order valence-corrected chi connectivity index (χ4v) is 2.93. The van der Waals surface area contributed by atoms with Gasteiger partial charge in [-0.2, -0.15) is 0 Å². The zero-order valence-corrected chi connectivity index (χ0v) is 11.3. The molecule has 3 aromatic rings. The van der Waals surface area contributed by atoms with Crippen molar-refractivity contribution in [2.24, 2.45) is 0 Å². The predicted molar refractivity (Wildman–Crippen MR) is 77.3 cm³/mol. The van der Waals surface area contributed by atoms with Gasteiger partial charge in [-0.05, 0) is 48.7 Å². The normalized spacial score (nSPS) is 10.8. The molecule has 0 fully saturated rings. The molecule has 0 saturated carbocycles. The van der Waals surface area contributed by atoms with E-state index in [0.717, 1.165) is 0 Å². The maximum atomic E-state index is 12.8. The molecular formula is C16H13FOS. The molecule has 96 valence electrons. The molecule has 3 heteroatoms. The molecule has 0 unspecified atom stereocenters. The predicted octanol–water partition coefficient (Wildman–Crippen LogP) is 4.93. The van der Waals surface area contributed by atoms with E-state index in [0.29, 0.717) is 12.4 Å². The van der Waals surface area contributed by atoms with Crippen LogP contribution in [0.15, 0.2) is 48.5 Å². The Balaban J connectivity index is 1.76. The summed E-state index contributed by atoms with van der Waals surface area (Å²) in [5.74, 6) is 0.444. The molecule has 0 saturated heterocycles. The molecule has 2 aromatic carbocycles. The van der Waals surface area contributed by atoms with E-state index in [1.165, 1.54) is 32.7 Å². The highest BCUT2D eigenvalue weighted by atomic mass is 32.1. The van der Waals surface area contributed by atoms with Crippen molar-refractivity contribution in [3.63, 3.8) is 0 Å². The van der Waals surface area contributed by atoms with E-state index >= 15 is 0 Å². The Morgan fingerprint density at radius 3 is 2.63 bits per heavy atom. The fourth-order valence-electron chi connectivity index (χ4n) is 1.97. The quantitative estimate of drug-likeness (QED) is 0.657. The van der Waals surface area contributed by atoms with Crippen molar-refractivity contribution in [2.75, 3.05) is 0 Å². The minimum Gasteiger partial charge on any atom is -0.488 e. The van der Waals surface area contributed by atoms with E-state index in [-0.39, 0.29) is 5.82 Å². The lowest BCUT2D eigenvalue weighted by atomic mass is 10.2. The number of ether oxygens (including phenoxy) is 1. The molecule has 0 N–H and O–H groups in total.